The normalized spacial score (nSPS) is 29.2. The van der Waals surface area contributed by atoms with Crippen LogP contribution < -0.4 is 10.7 Å². The number of carbonyl (C=O) groups is 3. The van der Waals surface area contributed by atoms with Crippen LogP contribution >= 0.6 is 0 Å². The highest BCUT2D eigenvalue weighted by molar-refractivity contribution is 5.95. The molecule has 54 heavy (non-hydrogen) atoms. The van der Waals surface area contributed by atoms with Gasteiger partial charge in [-0.15, -0.1) is 0 Å². The molecule has 8 atom stereocenters. The SMILES string of the molecule is CCn1c(-c2cccnc2[C@H](C)OC)c2c3cc(ccc31)C1=C[C@@H](O)CN(C1)C[C@H](NC(=O)[C@H]1[C@H](C)[C@@H]1C)C(=O)N1CCC[C@H](N1)C(=O)OCC(C)(C)C2. The fourth-order valence-corrected chi connectivity index (χ4v) is 8.78. The molecule has 0 spiro atoms. The summed E-state index contributed by atoms with van der Waals surface area (Å²) in [5.74, 6) is -0.485. The summed E-state index contributed by atoms with van der Waals surface area (Å²) in [6.45, 7) is 14.8. The highest BCUT2D eigenvalue weighted by atomic mass is 16.5. The maximum absolute atomic E-state index is 14.2. The van der Waals surface area contributed by atoms with Crippen LogP contribution in [0.15, 0.2) is 42.6 Å². The Hall–Kier alpha value is -4.10. The van der Waals surface area contributed by atoms with E-state index in [1.165, 1.54) is 5.01 Å². The molecule has 2 aromatic heterocycles. The molecule has 1 unspecified atom stereocenters. The van der Waals surface area contributed by atoms with Gasteiger partial charge in [0, 0.05) is 73.8 Å². The third kappa shape index (κ3) is 7.45. The lowest BCUT2D eigenvalue weighted by Gasteiger charge is -2.38. The van der Waals surface area contributed by atoms with E-state index in [1.807, 2.05) is 24.0 Å². The Morgan fingerprint density at radius 1 is 1.19 bits per heavy atom. The molecular formula is C42H56N6O6. The summed E-state index contributed by atoms with van der Waals surface area (Å²) in [5, 5.41) is 16.9. The first-order chi connectivity index (χ1) is 25.8. The summed E-state index contributed by atoms with van der Waals surface area (Å²) in [5.41, 5.74) is 9.72. The number of methoxy groups -OCH3 is 1. The summed E-state index contributed by atoms with van der Waals surface area (Å²) in [7, 11) is 1.69. The van der Waals surface area contributed by atoms with Gasteiger partial charge in [0.25, 0.3) is 5.91 Å². The molecule has 290 valence electrons. The molecule has 7 rings (SSSR count). The molecule has 1 aliphatic carbocycles. The van der Waals surface area contributed by atoms with Gasteiger partial charge < -0.3 is 24.5 Å². The number of cyclic esters (lactones) is 1. The van der Waals surface area contributed by atoms with E-state index in [0.29, 0.717) is 38.9 Å². The van der Waals surface area contributed by atoms with Crippen LogP contribution in [0.1, 0.15) is 77.3 Å². The van der Waals surface area contributed by atoms with Gasteiger partial charge >= 0.3 is 5.97 Å². The van der Waals surface area contributed by atoms with E-state index in [4.69, 9.17) is 14.5 Å². The first-order valence-corrected chi connectivity index (χ1v) is 19.6. The molecule has 4 aliphatic rings. The highest BCUT2D eigenvalue weighted by Gasteiger charge is 2.49. The quantitative estimate of drug-likeness (QED) is 0.312. The number of esters is 1. The number of amides is 2. The Labute approximate surface area is 318 Å². The molecule has 12 nitrogen and oxygen atoms in total. The number of hydrazine groups is 1. The molecule has 2 amide bonds. The number of aliphatic hydroxyl groups is 1. The second-order valence-electron chi connectivity index (χ2n) is 16.6. The average Bonchev–Trinajstić information content (AvgIpc) is 3.65. The van der Waals surface area contributed by atoms with Crippen molar-refractivity contribution in [3.8, 4) is 11.3 Å². The average molecular weight is 741 g/mol. The summed E-state index contributed by atoms with van der Waals surface area (Å²) in [6, 6.07) is 8.96. The number of aliphatic hydroxyl groups excluding tert-OH is 1. The van der Waals surface area contributed by atoms with E-state index in [0.717, 1.165) is 51.1 Å². The number of hydrogen-bond acceptors (Lipinski definition) is 9. The van der Waals surface area contributed by atoms with Gasteiger partial charge in [-0.2, -0.15) is 0 Å². The third-order valence-electron chi connectivity index (χ3n) is 12.1. The Kier molecular flexibility index (Phi) is 10.8. The molecule has 2 fully saturated rings. The van der Waals surface area contributed by atoms with Crippen molar-refractivity contribution in [1.29, 1.82) is 0 Å². The van der Waals surface area contributed by atoms with Crippen LogP contribution in [-0.4, -0.2) is 100 Å². The molecule has 1 saturated carbocycles. The predicted molar refractivity (Wildman–Crippen MR) is 207 cm³/mol. The molecular weight excluding hydrogens is 684 g/mol. The van der Waals surface area contributed by atoms with Crippen molar-refractivity contribution in [2.24, 2.45) is 23.2 Å². The number of benzene rings is 1. The standard InChI is InChI=1S/C42H56N6O6/c1-8-47-35-14-13-27-18-31(35)32(38(47)30-11-9-15-43-37(30)26(4)53-7)19-42(5,6)23-54-41(52)33-12-10-16-48(45-33)40(51)34(44-39(50)36-24(2)25(36)3)22-46-20-28(27)17-29(49)21-46/h9,11,13-15,17-18,24-26,29,33-34,36,45,49H,8,10,12,16,19-23H2,1-7H3,(H,44,50)/t24-,25+,26-,29+,33-,34-,36+/m0/s1. The zero-order chi connectivity index (χ0) is 38.5. The topological polar surface area (TPSA) is 138 Å². The minimum Gasteiger partial charge on any atom is -0.464 e. The fraction of sp³-hybridized carbons (Fsp3) is 0.571. The predicted octanol–water partition coefficient (Wildman–Crippen LogP) is 4.50. The number of rotatable bonds is 6. The lowest BCUT2D eigenvalue weighted by atomic mass is 9.84. The zero-order valence-electron chi connectivity index (χ0n) is 32.7. The molecule has 12 heteroatoms. The Morgan fingerprint density at radius 3 is 2.69 bits per heavy atom. The first kappa shape index (κ1) is 38.2. The van der Waals surface area contributed by atoms with Crippen LogP contribution in [-0.2, 0) is 36.8 Å². The summed E-state index contributed by atoms with van der Waals surface area (Å²) in [4.78, 5) is 48.2. The van der Waals surface area contributed by atoms with Crippen molar-refractivity contribution < 1.29 is 29.0 Å². The minimum absolute atomic E-state index is 0.134. The van der Waals surface area contributed by atoms with Gasteiger partial charge in [0.05, 0.1) is 30.2 Å². The lowest BCUT2D eigenvalue weighted by molar-refractivity contribution is -0.155. The van der Waals surface area contributed by atoms with Gasteiger partial charge in [0.2, 0.25) is 5.91 Å². The van der Waals surface area contributed by atoms with Crippen LogP contribution in [0.3, 0.4) is 0 Å². The molecule has 0 radical (unpaired) electrons. The molecule has 3 aliphatic heterocycles. The number of ether oxygens (including phenoxy) is 2. The zero-order valence-corrected chi connectivity index (χ0v) is 32.7. The van der Waals surface area contributed by atoms with E-state index >= 15 is 0 Å². The Balaban J connectivity index is 1.34. The number of nitrogens with one attached hydrogen (secondary N) is 2. The Morgan fingerprint density at radius 2 is 1.96 bits per heavy atom. The highest BCUT2D eigenvalue weighted by Crippen LogP contribution is 2.45. The van der Waals surface area contributed by atoms with Crippen molar-refractivity contribution in [3.05, 3.63) is 59.4 Å². The fourth-order valence-electron chi connectivity index (χ4n) is 8.78. The second-order valence-corrected chi connectivity index (χ2v) is 16.6. The monoisotopic (exact) mass is 740 g/mol. The van der Waals surface area contributed by atoms with Crippen molar-refractivity contribution in [3.63, 3.8) is 0 Å². The van der Waals surface area contributed by atoms with E-state index in [2.05, 4.69) is 74.2 Å². The number of pyridine rings is 1. The number of carbonyl (C=O) groups excluding carboxylic acids is 3. The summed E-state index contributed by atoms with van der Waals surface area (Å²) >= 11 is 0. The van der Waals surface area contributed by atoms with Gasteiger partial charge in [0.15, 0.2) is 0 Å². The minimum atomic E-state index is -0.873. The van der Waals surface area contributed by atoms with Gasteiger partial charge in [-0.3, -0.25) is 29.3 Å². The smallest absolute Gasteiger partial charge is 0.324 e. The van der Waals surface area contributed by atoms with Crippen LogP contribution in [0.4, 0.5) is 0 Å². The number of fused-ring (bicyclic) bond motifs is 6. The molecule has 3 N–H and O–H groups in total. The number of aryl methyl sites for hydroxylation is 1. The first-order valence-electron chi connectivity index (χ1n) is 19.6. The maximum atomic E-state index is 14.2. The van der Waals surface area contributed by atoms with Gasteiger partial charge in [-0.25, -0.2) is 5.43 Å². The van der Waals surface area contributed by atoms with Crippen molar-refractivity contribution in [2.45, 2.75) is 91.6 Å². The van der Waals surface area contributed by atoms with Crippen LogP contribution in [0.5, 0.6) is 0 Å². The van der Waals surface area contributed by atoms with Gasteiger partial charge in [-0.05, 0) is 92.0 Å². The second kappa shape index (κ2) is 15.2. The lowest BCUT2D eigenvalue weighted by Crippen LogP contribution is -2.62. The van der Waals surface area contributed by atoms with E-state index in [9.17, 15) is 19.5 Å². The molecule has 5 heterocycles. The largest absolute Gasteiger partial charge is 0.464 e. The van der Waals surface area contributed by atoms with E-state index in [1.54, 1.807) is 13.3 Å². The number of aromatic nitrogens is 2. The molecule has 6 bridgehead atoms. The number of hydrogen-bond donors (Lipinski definition) is 3. The summed E-state index contributed by atoms with van der Waals surface area (Å²) in [6.07, 6.45) is 4.46. The van der Waals surface area contributed by atoms with E-state index in [-0.39, 0.29) is 48.8 Å². The summed E-state index contributed by atoms with van der Waals surface area (Å²) < 4.78 is 14.2. The van der Waals surface area contributed by atoms with Gasteiger partial charge in [0.1, 0.15) is 12.1 Å². The van der Waals surface area contributed by atoms with Crippen molar-refractivity contribution >= 4 is 34.3 Å². The Bertz CT molecular complexity index is 1950. The van der Waals surface area contributed by atoms with Gasteiger partial charge in [-0.1, -0.05) is 33.8 Å². The molecule has 1 aromatic carbocycles. The van der Waals surface area contributed by atoms with Crippen LogP contribution in [0, 0.1) is 23.2 Å². The third-order valence-corrected chi connectivity index (χ3v) is 12.1. The van der Waals surface area contributed by atoms with Crippen molar-refractivity contribution in [1.82, 2.24) is 30.2 Å². The van der Waals surface area contributed by atoms with Crippen LogP contribution in [0.25, 0.3) is 27.7 Å². The number of nitrogens with zero attached hydrogens (tertiary/aromatic N) is 4. The van der Waals surface area contributed by atoms with Crippen molar-refractivity contribution in [2.75, 3.05) is 39.9 Å². The van der Waals surface area contributed by atoms with E-state index < -0.39 is 29.6 Å². The maximum Gasteiger partial charge on any atom is 0.324 e. The molecule has 3 aromatic rings. The van der Waals surface area contributed by atoms with Crippen LogP contribution in [0.2, 0.25) is 0 Å². The molecule has 1 saturated heterocycles.